The van der Waals surface area contributed by atoms with Gasteiger partial charge in [-0.1, -0.05) is 0 Å². The molecule has 1 heterocycles. The van der Waals surface area contributed by atoms with Gasteiger partial charge < -0.3 is 5.73 Å². The monoisotopic (exact) mass is 202 g/mol. The molecule has 0 aliphatic carbocycles. The van der Waals surface area contributed by atoms with Crippen LogP contribution in [0.25, 0.3) is 0 Å². The largest absolute Gasteiger partial charge is 0.325 e. The minimum Gasteiger partial charge on any atom is -0.325 e. The first-order valence-electron chi connectivity index (χ1n) is 4.23. The maximum atomic E-state index is 13.5. The number of nitrogens with two attached hydrogens (primary N) is 1. The lowest BCUT2D eigenvalue weighted by molar-refractivity contribution is 0.262. The van der Waals surface area contributed by atoms with Crippen molar-refractivity contribution in [1.82, 2.24) is 4.98 Å². The van der Waals surface area contributed by atoms with Gasteiger partial charge in [0.05, 0.1) is 10.7 Å². The molecule has 0 aliphatic rings. The molecule has 1 aromatic heterocycles. The lowest BCUT2D eigenvalue weighted by Gasteiger charge is -2.19. The average Bonchev–Trinajstić information content (AvgIpc) is 2.31. The number of aryl methyl sites for hydroxylation is 1. The summed E-state index contributed by atoms with van der Waals surface area (Å²) in [5.41, 5.74) is 5.76. The first-order chi connectivity index (χ1) is 5.88. The minimum absolute atomic E-state index is 0.316. The molecular weight excluding hydrogens is 187 g/mol. The summed E-state index contributed by atoms with van der Waals surface area (Å²) in [7, 11) is 0. The topological polar surface area (TPSA) is 38.9 Å². The molecule has 0 spiro atoms. The van der Waals surface area contributed by atoms with E-state index in [1.54, 1.807) is 5.38 Å². The Kier molecular flexibility index (Phi) is 3.03. The van der Waals surface area contributed by atoms with E-state index in [0.717, 1.165) is 5.01 Å². The van der Waals surface area contributed by atoms with Crippen LogP contribution in [-0.4, -0.2) is 10.5 Å². The molecule has 0 saturated heterocycles. The van der Waals surface area contributed by atoms with Crippen LogP contribution >= 0.6 is 11.3 Å². The Bertz CT molecular complexity index is 277. The van der Waals surface area contributed by atoms with E-state index >= 15 is 0 Å². The lowest BCUT2D eigenvalue weighted by Crippen LogP contribution is -2.33. The Labute approximate surface area is 82.0 Å². The van der Waals surface area contributed by atoms with E-state index in [9.17, 15) is 4.39 Å². The Hall–Kier alpha value is -0.480. The Balaban J connectivity index is 2.64. The molecule has 1 atom stereocenters. The molecule has 0 radical (unpaired) electrons. The van der Waals surface area contributed by atoms with Crippen molar-refractivity contribution < 1.29 is 4.39 Å². The van der Waals surface area contributed by atoms with E-state index in [1.807, 2.05) is 20.8 Å². The van der Waals surface area contributed by atoms with Crippen LogP contribution < -0.4 is 5.73 Å². The molecular formula is C9H15FN2S. The highest BCUT2D eigenvalue weighted by Crippen LogP contribution is 2.26. The predicted octanol–water partition coefficient (Wildman–Crippen LogP) is 2.59. The second-order valence-corrected chi connectivity index (χ2v) is 5.01. The van der Waals surface area contributed by atoms with Gasteiger partial charge in [-0.15, -0.1) is 11.3 Å². The fourth-order valence-electron chi connectivity index (χ4n) is 1.09. The van der Waals surface area contributed by atoms with Gasteiger partial charge in [-0.05, 0) is 20.8 Å². The zero-order valence-electron chi connectivity index (χ0n) is 8.17. The fourth-order valence-corrected chi connectivity index (χ4v) is 1.74. The van der Waals surface area contributed by atoms with Crippen molar-refractivity contribution in [3.05, 3.63) is 16.1 Å². The SMILES string of the molecule is Cc1nc(C(F)CC(C)(C)N)cs1. The van der Waals surface area contributed by atoms with Gasteiger partial charge in [0.15, 0.2) is 0 Å². The van der Waals surface area contributed by atoms with Crippen molar-refractivity contribution in [2.75, 3.05) is 0 Å². The molecule has 2 N–H and O–H groups in total. The summed E-state index contributed by atoms with van der Waals surface area (Å²) in [6.07, 6.45) is -0.721. The fraction of sp³-hybridized carbons (Fsp3) is 0.667. The van der Waals surface area contributed by atoms with Crippen LogP contribution in [0.15, 0.2) is 5.38 Å². The Morgan fingerprint density at radius 2 is 2.31 bits per heavy atom. The predicted molar refractivity (Wildman–Crippen MR) is 53.6 cm³/mol. The van der Waals surface area contributed by atoms with Crippen molar-refractivity contribution in [3.63, 3.8) is 0 Å². The molecule has 13 heavy (non-hydrogen) atoms. The van der Waals surface area contributed by atoms with E-state index in [-0.39, 0.29) is 0 Å². The number of hydrogen-bond acceptors (Lipinski definition) is 3. The number of hydrogen-bond donors (Lipinski definition) is 1. The van der Waals surface area contributed by atoms with Gasteiger partial charge in [0.25, 0.3) is 0 Å². The van der Waals surface area contributed by atoms with Crippen molar-refractivity contribution in [2.45, 2.75) is 38.9 Å². The van der Waals surface area contributed by atoms with Crippen molar-refractivity contribution in [3.8, 4) is 0 Å². The second kappa shape index (κ2) is 3.72. The quantitative estimate of drug-likeness (QED) is 0.818. The van der Waals surface area contributed by atoms with E-state index in [0.29, 0.717) is 12.1 Å². The number of nitrogens with zero attached hydrogens (tertiary/aromatic N) is 1. The van der Waals surface area contributed by atoms with Crippen molar-refractivity contribution in [1.29, 1.82) is 0 Å². The van der Waals surface area contributed by atoms with E-state index in [4.69, 9.17) is 5.73 Å². The van der Waals surface area contributed by atoms with Crippen LogP contribution in [0.2, 0.25) is 0 Å². The molecule has 4 heteroatoms. The summed E-state index contributed by atoms with van der Waals surface area (Å²) in [4.78, 5) is 4.08. The smallest absolute Gasteiger partial charge is 0.144 e. The van der Waals surface area contributed by atoms with Gasteiger partial charge in [0, 0.05) is 17.3 Å². The molecule has 0 bridgehead atoms. The summed E-state index contributed by atoms with van der Waals surface area (Å²) in [5.74, 6) is 0. The van der Waals surface area contributed by atoms with Gasteiger partial charge >= 0.3 is 0 Å². The maximum absolute atomic E-state index is 13.5. The molecule has 0 saturated carbocycles. The molecule has 1 unspecified atom stereocenters. The minimum atomic E-state index is -1.04. The highest BCUT2D eigenvalue weighted by atomic mass is 32.1. The van der Waals surface area contributed by atoms with Crippen LogP contribution in [-0.2, 0) is 0 Å². The van der Waals surface area contributed by atoms with Crippen LogP contribution in [0, 0.1) is 6.92 Å². The van der Waals surface area contributed by atoms with Gasteiger partial charge in [-0.2, -0.15) is 0 Å². The lowest BCUT2D eigenvalue weighted by atomic mass is 9.98. The molecule has 1 rings (SSSR count). The van der Waals surface area contributed by atoms with Crippen LogP contribution in [0.4, 0.5) is 4.39 Å². The number of halogens is 1. The number of alkyl halides is 1. The third-order valence-corrected chi connectivity index (χ3v) is 2.45. The zero-order chi connectivity index (χ0) is 10.1. The van der Waals surface area contributed by atoms with Crippen LogP contribution in [0.5, 0.6) is 0 Å². The maximum Gasteiger partial charge on any atom is 0.144 e. The number of thiazole rings is 1. The molecule has 0 amide bonds. The van der Waals surface area contributed by atoms with Gasteiger partial charge in [0.2, 0.25) is 0 Å². The first kappa shape index (κ1) is 10.6. The Morgan fingerprint density at radius 1 is 1.69 bits per heavy atom. The molecule has 2 nitrogen and oxygen atoms in total. The van der Waals surface area contributed by atoms with Gasteiger partial charge in [-0.3, -0.25) is 0 Å². The van der Waals surface area contributed by atoms with E-state index in [1.165, 1.54) is 11.3 Å². The molecule has 1 aromatic rings. The van der Waals surface area contributed by atoms with E-state index in [2.05, 4.69) is 4.98 Å². The summed E-state index contributed by atoms with van der Waals surface area (Å²) in [6.45, 7) is 5.51. The third kappa shape index (κ3) is 3.40. The van der Waals surface area contributed by atoms with Gasteiger partial charge in [-0.25, -0.2) is 9.37 Å². The highest BCUT2D eigenvalue weighted by molar-refractivity contribution is 7.09. The standard InChI is InChI=1S/C9H15FN2S/c1-6-12-8(5-13-6)7(10)4-9(2,3)11/h5,7H,4,11H2,1-3H3. The van der Waals surface area contributed by atoms with E-state index < -0.39 is 11.7 Å². The highest BCUT2D eigenvalue weighted by Gasteiger charge is 2.21. The Morgan fingerprint density at radius 3 is 2.69 bits per heavy atom. The zero-order valence-corrected chi connectivity index (χ0v) is 8.99. The molecule has 74 valence electrons. The van der Waals surface area contributed by atoms with Gasteiger partial charge in [0.1, 0.15) is 6.17 Å². The normalized spacial score (nSPS) is 14.5. The van der Waals surface area contributed by atoms with Crippen LogP contribution in [0.1, 0.15) is 37.1 Å². The number of aromatic nitrogens is 1. The average molecular weight is 202 g/mol. The van der Waals surface area contributed by atoms with Crippen molar-refractivity contribution >= 4 is 11.3 Å². The number of rotatable bonds is 3. The molecule has 0 fully saturated rings. The molecule has 0 aromatic carbocycles. The van der Waals surface area contributed by atoms with Crippen LogP contribution in [0.3, 0.4) is 0 Å². The summed E-state index contributed by atoms with van der Waals surface area (Å²) >= 11 is 1.47. The van der Waals surface area contributed by atoms with Crippen molar-refractivity contribution in [2.24, 2.45) is 5.73 Å². The first-order valence-corrected chi connectivity index (χ1v) is 5.11. The third-order valence-electron chi connectivity index (χ3n) is 1.66. The second-order valence-electron chi connectivity index (χ2n) is 3.95. The molecule has 0 aliphatic heterocycles. The summed E-state index contributed by atoms with van der Waals surface area (Å²) in [5, 5.41) is 2.65. The summed E-state index contributed by atoms with van der Waals surface area (Å²) in [6, 6.07) is 0. The summed E-state index contributed by atoms with van der Waals surface area (Å²) < 4.78 is 13.5.